The molecule has 0 unspecified atom stereocenters. The van der Waals surface area contributed by atoms with Gasteiger partial charge in [0.25, 0.3) is 6.47 Å². The Morgan fingerprint density at radius 3 is 2.67 bits per heavy atom. The highest BCUT2D eigenvalue weighted by atomic mass is 79.9. The maximum atomic E-state index is 13.3. The first kappa shape index (κ1) is 26.7. The number of rotatable bonds is 7. The van der Waals surface area contributed by atoms with Crippen LogP contribution in [0.1, 0.15) is 30.1 Å². The Kier molecular flexibility index (Phi) is 7.81. The summed E-state index contributed by atoms with van der Waals surface area (Å²) in [6, 6.07) is 8.70. The van der Waals surface area contributed by atoms with Gasteiger partial charge in [0.2, 0.25) is 5.76 Å². The number of piperidine rings is 1. The Balaban J connectivity index is 0.000000967. The van der Waals surface area contributed by atoms with Crippen LogP contribution in [0, 0.1) is 12.8 Å². The summed E-state index contributed by atoms with van der Waals surface area (Å²) in [5, 5.41) is 15.5. The molecular formula is C23H25BrF3N5O3S. The molecule has 1 aliphatic carbocycles. The van der Waals surface area contributed by atoms with Gasteiger partial charge in [0.05, 0.1) is 0 Å². The largest absolute Gasteiger partial charge is 0.483 e. The van der Waals surface area contributed by atoms with E-state index in [1.165, 1.54) is 30.7 Å². The molecule has 2 aliphatic rings. The van der Waals surface area contributed by atoms with Crippen molar-refractivity contribution in [2.75, 3.05) is 25.4 Å². The van der Waals surface area contributed by atoms with E-state index in [2.05, 4.69) is 60.3 Å². The van der Waals surface area contributed by atoms with Gasteiger partial charge in [0.15, 0.2) is 22.6 Å². The number of hydrogen-bond donors (Lipinski definition) is 1. The lowest BCUT2D eigenvalue weighted by Crippen LogP contribution is -2.27. The first-order valence-electron chi connectivity index (χ1n) is 11.2. The molecule has 2 aromatic heterocycles. The van der Waals surface area contributed by atoms with Crippen LogP contribution in [0.5, 0.6) is 0 Å². The summed E-state index contributed by atoms with van der Waals surface area (Å²) >= 11 is 5.00. The minimum atomic E-state index is -4.64. The Morgan fingerprint density at radius 1 is 1.31 bits per heavy atom. The molecular weight excluding hydrogens is 563 g/mol. The summed E-state index contributed by atoms with van der Waals surface area (Å²) in [5.41, 5.74) is 1.43. The van der Waals surface area contributed by atoms with E-state index >= 15 is 0 Å². The van der Waals surface area contributed by atoms with Crippen molar-refractivity contribution in [3.63, 3.8) is 0 Å². The molecule has 0 bridgehead atoms. The SMILES string of the molecule is Cc1nc(-c2nnc(SCCCN3C[C@@H]4C[C@]4(c4ccc(Br)cc4)C3)n2C)c(C(F)(F)F)o1.O=CO. The number of benzene rings is 1. The summed E-state index contributed by atoms with van der Waals surface area (Å²) in [5.74, 6) is 0.403. The van der Waals surface area contributed by atoms with Crippen LogP contribution in [-0.4, -0.2) is 61.6 Å². The zero-order valence-electron chi connectivity index (χ0n) is 19.6. The van der Waals surface area contributed by atoms with E-state index < -0.39 is 11.9 Å². The number of nitrogens with zero attached hydrogens (tertiary/aromatic N) is 5. The molecule has 1 N–H and O–H groups in total. The summed E-state index contributed by atoms with van der Waals surface area (Å²) < 4.78 is 47.2. The smallest absolute Gasteiger partial charge is 0.452 e. The Hall–Kier alpha value is -2.38. The summed E-state index contributed by atoms with van der Waals surface area (Å²) in [6.45, 7) is 4.34. The lowest BCUT2D eigenvalue weighted by Gasteiger charge is -2.21. The van der Waals surface area contributed by atoms with E-state index in [4.69, 9.17) is 14.3 Å². The molecule has 1 saturated heterocycles. The van der Waals surface area contributed by atoms with Crippen LogP contribution >= 0.6 is 27.7 Å². The van der Waals surface area contributed by atoms with E-state index in [0.717, 1.165) is 42.2 Å². The molecule has 1 aromatic carbocycles. The van der Waals surface area contributed by atoms with Gasteiger partial charge in [-0.15, -0.1) is 10.2 Å². The Bertz CT molecular complexity index is 1220. The average molecular weight is 588 g/mol. The topological polar surface area (TPSA) is 97.3 Å². The van der Waals surface area contributed by atoms with Crippen molar-refractivity contribution >= 4 is 34.2 Å². The van der Waals surface area contributed by atoms with Gasteiger partial charge in [-0.3, -0.25) is 4.79 Å². The van der Waals surface area contributed by atoms with E-state index in [1.807, 2.05) is 0 Å². The van der Waals surface area contributed by atoms with Crippen LogP contribution in [-0.2, 0) is 23.4 Å². The Labute approximate surface area is 218 Å². The molecule has 0 radical (unpaired) electrons. The summed E-state index contributed by atoms with van der Waals surface area (Å²) in [4.78, 5) is 14.8. The molecule has 13 heteroatoms. The number of aryl methyl sites for hydroxylation is 1. The average Bonchev–Trinajstić information content (AvgIpc) is 3.10. The van der Waals surface area contributed by atoms with Gasteiger partial charge in [-0.05, 0) is 43.0 Å². The van der Waals surface area contributed by atoms with E-state index in [0.29, 0.717) is 10.6 Å². The van der Waals surface area contributed by atoms with Gasteiger partial charge in [-0.1, -0.05) is 39.8 Å². The molecule has 2 fully saturated rings. The predicted octanol–water partition coefficient (Wildman–Crippen LogP) is 5.02. The third kappa shape index (κ3) is 5.47. The molecule has 36 heavy (non-hydrogen) atoms. The second kappa shape index (κ2) is 10.5. The number of carbonyl (C=O) groups is 1. The summed E-state index contributed by atoms with van der Waals surface area (Å²) in [6.07, 6.45) is -2.41. The monoisotopic (exact) mass is 587 g/mol. The minimum Gasteiger partial charge on any atom is -0.483 e. The zero-order valence-corrected chi connectivity index (χ0v) is 22.0. The highest BCUT2D eigenvalue weighted by Crippen LogP contribution is 2.59. The highest BCUT2D eigenvalue weighted by Gasteiger charge is 2.60. The molecule has 2 atom stereocenters. The fourth-order valence-corrected chi connectivity index (χ4v) is 5.95. The Morgan fingerprint density at radius 2 is 2.00 bits per heavy atom. The standard InChI is InChI=1S/C22H23BrF3N5OS.CH2O2/c1-13-27-17(18(32-13)22(24,25)26)19-28-29-20(30(19)2)33-9-3-8-31-11-15-10-21(15,12-31)14-4-6-16(23)7-5-14;2-1-3/h4-7,15H,3,8-12H2,1-2H3;1H,(H,2,3)/t15-,21+;/m0./s1. The molecule has 194 valence electrons. The van der Waals surface area contributed by atoms with Gasteiger partial charge in [-0.2, -0.15) is 13.2 Å². The number of alkyl halides is 3. The van der Waals surface area contributed by atoms with Crippen LogP contribution < -0.4 is 0 Å². The molecule has 0 spiro atoms. The number of hydrogen-bond acceptors (Lipinski definition) is 7. The van der Waals surface area contributed by atoms with Gasteiger partial charge < -0.3 is 19.0 Å². The van der Waals surface area contributed by atoms with Crippen LogP contribution in [0.15, 0.2) is 38.3 Å². The first-order chi connectivity index (χ1) is 17.1. The third-order valence-corrected chi connectivity index (χ3v) is 8.16. The molecule has 1 aliphatic heterocycles. The highest BCUT2D eigenvalue weighted by molar-refractivity contribution is 9.10. The maximum absolute atomic E-state index is 13.3. The third-order valence-electron chi connectivity index (χ3n) is 6.52. The van der Waals surface area contributed by atoms with Crippen molar-refractivity contribution in [3.05, 3.63) is 46.0 Å². The fraction of sp³-hybridized carbons (Fsp3) is 0.478. The predicted molar refractivity (Wildman–Crippen MR) is 131 cm³/mol. The number of fused-ring (bicyclic) bond motifs is 1. The zero-order chi connectivity index (χ0) is 26.1. The number of halogens is 4. The van der Waals surface area contributed by atoms with E-state index in [1.54, 1.807) is 11.6 Å². The van der Waals surface area contributed by atoms with Gasteiger partial charge >= 0.3 is 6.18 Å². The molecule has 3 aromatic rings. The quantitative estimate of drug-likeness (QED) is 0.234. The van der Waals surface area contributed by atoms with E-state index in [9.17, 15) is 13.2 Å². The minimum absolute atomic E-state index is 0.0535. The van der Waals surface area contributed by atoms with Crippen LogP contribution in [0.3, 0.4) is 0 Å². The van der Waals surface area contributed by atoms with Crippen LogP contribution in [0.2, 0.25) is 0 Å². The number of carboxylic acid groups (broad SMARTS) is 1. The lowest BCUT2D eigenvalue weighted by atomic mass is 9.95. The van der Waals surface area contributed by atoms with Gasteiger partial charge in [0.1, 0.15) is 0 Å². The van der Waals surface area contributed by atoms with Crippen molar-refractivity contribution in [3.8, 4) is 11.5 Å². The molecule has 3 heterocycles. The van der Waals surface area contributed by atoms with Crippen molar-refractivity contribution < 1.29 is 27.5 Å². The fourth-order valence-electron chi connectivity index (χ4n) is 4.86. The van der Waals surface area contributed by atoms with Crippen LogP contribution in [0.25, 0.3) is 11.5 Å². The molecule has 5 rings (SSSR count). The van der Waals surface area contributed by atoms with Crippen molar-refractivity contribution in [1.29, 1.82) is 0 Å². The second-order valence-electron chi connectivity index (χ2n) is 8.88. The van der Waals surface area contributed by atoms with E-state index in [-0.39, 0.29) is 23.9 Å². The van der Waals surface area contributed by atoms with Gasteiger partial charge in [0, 0.05) is 42.7 Å². The first-order valence-corrected chi connectivity index (χ1v) is 13.0. The number of aromatic nitrogens is 4. The maximum Gasteiger partial charge on any atom is 0.452 e. The molecule has 0 amide bonds. The second-order valence-corrected chi connectivity index (χ2v) is 10.9. The van der Waals surface area contributed by atoms with Crippen molar-refractivity contribution in [2.24, 2.45) is 13.0 Å². The summed E-state index contributed by atoms with van der Waals surface area (Å²) in [7, 11) is 1.65. The molecule has 1 saturated carbocycles. The normalized spacial score (nSPS) is 21.1. The van der Waals surface area contributed by atoms with Crippen molar-refractivity contribution in [1.82, 2.24) is 24.6 Å². The van der Waals surface area contributed by atoms with Gasteiger partial charge in [-0.25, -0.2) is 4.98 Å². The van der Waals surface area contributed by atoms with Crippen LogP contribution in [0.4, 0.5) is 13.2 Å². The molecule has 8 nitrogen and oxygen atoms in total. The number of likely N-dealkylation sites (tertiary alicyclic amines) is 1. The van der Waals surface area contributed by atoms with Crippen molar-refractivity contribution in [2.45, 2.75) is 36.5 Å². The number of oxazole rings is 1. The number of thioether (sulfide) groups is 1. The lowest BCUT2D eigenvalue weighted by molar-refractivity contribution is -0.152.